The molecule has 0 saturated heterocycles. The standard InChI is InChI=1S/2C4H6S4.Ni/c2*5-3-4(6)8-2-1-7-3;/h2*5-6H,1-2H2;/p-4. The Hall–Kier alpha value is 2.25. The molecule has 0 aromatic heterocycles. The van der Waals surface area contributed by atoms with Gasteiger partial charge in [-0.2, -0.15) is 64.0 Å². The molecule has 0 saturated carbocycles. The molecule has 17 heavy (non-hydrogen) atoms. The van der Waals surface area contributed by atoms with Crippen LogP contribution in [-0.2, 0) is 67.0 Å². The van der Waals surface area contributed by atoms with E-state index in [1.807, 2.05) is 0 Å². The summed E-state index contributed by atoms with van der Waals surface area (Å²) in [6.45, 7) is 0. The average Bonchev–Trinajstić information content (AvgIpc) is 2.28. The van der Waals surface area contributed by atoms with Crippen LogP contribution in [0, 0.1) is 0 Å². The molecule has 0 amide bonds. The number of hydrogen-bond acceptors (Lipinski definition) is 8. The van der Waals surface area contributed by atoms with E-state index in [-0.39, 0.29) is 16.5 Å². The molecule has 102 valence electrons. The molecule has 0 N–H and O–H groups in total. The van der Waals surface area contributed by atoms with Crippen LogP contribution in [0.3, 0.4) is 0 Å². The molecule has 0 nitrogen and oxygen atoms in total. The second-order valence-corrected chi connectivity index (χ2v) is 9.63. The maximum absolute atomic E-state index is 4.93. The summed E-state index contributed by atoms with van der Waals surface area (Å²) in [5, 5.41) is 0. The molecule has 0 unspecified atom stereocenters. The summed E-state index contributed by atoms with van der Waals surface area (Å²) in [5.41, 5.74) is 0. The van der Waals surface area contributed by atoms with E-state index in [1.54, 1.807) is 47.0 Å². The van der Waals surface area contributed by atoms with Crippen molar-refractivity contribution < 1.29 is 16.5 Å². The average molecular weight is 419 g/mol. The third kappa shape index (κ3) is 8.20. The zero-order chi connectivity index (χ0) is 12.0. The van der Waals surface area contributed by atoms with E-state index in [4.69, 9.17) is 50.5 Å². The molecule has 0 aromatic rings. The number of hydrogen-bond donors (Lipinski definition) is 0. The van der Waals surface area contributed by atoms with Crippen LogP contribution in [0.2, 0.25) is 0 Å². The smallest absolute Gasteiger partial charge is 0.00527 e. The predicted molar refractivity (Wildman–Crippen MR) is 93.3 cm³/mol. The van der Waals surface area contributed by atoms with E-state index in [0.29, 0.717) is 0 Å². The van der Waals surface area contributed by atoms with Crippen molar-refractivity contribution in [2.45, 2.75) is 0 Å². The molecule has 2 heterocycles. The van der Waals surface area contributed by atoms with Gasteiger partial charge in [-0.05, 0) is 0 Å². The third-order valence-corrected chi connectivity index (χ3v) is 8.71. The monoisotopic (exact) mass is 418 g/mol. The largest absolute Gasteiger partial charge is 0.774 e. The molecule has 0 aromatic carbocycles. The molecular formula is C8H8NiS8-4. The molecule has 2 rings (SSSR count). The van der Waals surface area contributed by atoms with E-state index in [9.17, 15) is 0 Å². The second-order valence-electron chi connectivity index (χ2n) is 2.54. The fourth-order valence-electron chi connectivity index (χ4n) is 0.773. The first kappa shape index (κ1) is 19.3. The van der Waals surface area contributed by atoms with E-state index in [1.165, 1.54) is 0 Å². The van der Waals surface area contributed by atoms with E-state index >= 15 is 0 Å². The molecule has 0 aliphatic carbocycles. The molecule has 0 radical (unpaired) electrons. The van der Waals surface area contributed by atoms with Crippen LogP contribution in [-0.4, -0.2) is 23.0 Å². The maximum Gasteiger partial charge on any atom is 0.00527 e. The maximum atomic E-state index is 4.93. The summed E-state index contributed by atoms with van der Waals surface area (Å²) >= 11 is 26.5. The fourth-order valence-corrected chi connectivity index (χ4v) is 5.73. The van der Waals surface area contributed by atoms with Gasteiger partial charge in [0.1, 0.15) is 0 Å². The predicted octanol–water partition coefficient (Wildman–Crippen LogP) is 3.37. The summed E-state index contributed by atoms with van der Waals surface area (Å²) in [4.78, 5) is 0. The first-order chi connectivity index (χ1) is 7.61. The van der Waals surface area contributed by atoms with Crippen molar-refractivity contribution in [3.8, 4) is 0 Å². The molecule has 0 bridgehead atoms. The number of rotatable bonds is 0. The molecule has 0 fully saturated rings. The Morgan fingerprint density at radius 1 is 0.529 bits per heavy atom. The minimum atomic E-state index is 0. The zero-order valence-corrected chi connectivity index (χ0v) is 15.9. The van der Waals surface area contributed by atoms with Crippen molar-refractivity contribution in [1.29, 1.82) is 0 Å². The van der Waals surface area contributed by atoms with E-state index in [0.717, 1.165) is 40.0 Å². The van der Waals surface area contributed by atoms with Crippen LogP contribution in [0.5, 0.6) is 0 Å². The van der Waals surface area contributed by atoms with E-state index < -0.39 is 0 Å². The van der Waals surface area contributed by atoms with Crippen LogP contribution in [0.4, 0.5) is 0 Å². The molecule has 9 heteroatoms. The van der Waals surface area contributed by atoms with Gasteiger partial charge in [-0.1, -0.05) is 0 Å². The Balaban J connectivity index is 0.000000284. The Labute approximate surface area is 152 Å². The van der Waals surface area contributed by atoms with Gasteiger partial charge >= 0.3 is 0 Å². The van der Waals surface area contributed by atoms with Gasteiger partial charge in [0.25, 0.3) is 0 Å². The van der Waals surface area contributed by atoms with E-state index in [2.05, 4.69) is 0 Å². The summed E-state index contributed by atoms with van der Waals surface area (Å²) < 4.78 is 3.65. The third-order valence-electron chi connectivity index (χ3n) is 1.43. The van der Waals surface area contributed by atoms with Gasteiger partial charge in [0.15, 0.2) is 0 Å². The summed E-state index contributed by atoms with van der Waals surface area (Å²) in [5.74, 6) is 4.51. The van der Waals surface area contributed by atoms with Crippen molar-refractivity contribution >= 4 is 97.6 Å². The topological polar surface area (TPSA) is 0 Å². The first-order valence-electron chi connectivity index (χ1n) is 4.29. The van der Waals surface area contributed by atoms with Gasteiger partial charge < -0.3 is 50.5 Å². The van der Waals surface area contributed by atoms with Crippen molar-refractivity contribution in [3.63, 3.8) is 0 Å². The van der Waals surface area contributed by atoms with Crippen LogP contribution in [0.25, 0.3) is 0 Å². The fraction of sp³-hybridized carbons (Fsp3) is 0.500. The van der Waals surface area contributed by atoms with Gasteiger partial charge in [0.05, 0.1) is 0 Å². The van der Waals surface area contributed by atoms with Crippen molar-refractivity contribution in [1.82, 2.24) is 0 Å². The second kappa shape index (κ2) is 11.0. The Bertz CT molecular complexity index is 242. The van der Waals surface area contributed by atoms with Crippen LogP contribution in [0.1, 0.15) is 0 Å². The summed E-state index contributed by atoms with van der Waals surface area (Å²) in [7, 11) is 0. The minimum Gasteiger partial charge on any atom is -0.774 e. The SMILES string of the molecule is [Ni].[S-]C1=C([S-])SCCS1.[S-]C1=C([S-])SCCS1. The van der Waals surface area contributed by atoms with Crippen LogP contribution in [0.15, 0.2) is 16.9 Å². The van der Waals surface area contributed by atoms with Crippen molar-refractivity contribution in [2.75, 3.05) is 23.0 Å². The number of thioether (sulfide) groups is 4. The quantitative estimate of drug-likeness (QED) is 0.428. The Morgan fingerprint density at radius 3 is 0.824 bits per heavy atom. The summed E-state index contributed by atoms with van der Waals surface area (Å²) in [6.07, 6.45) is 0. The molecular weight excluding hydrogens is 411 g/mol. The zero-order valence-electron chi connectivity index (χ0n) is 8.41. The Morgan fingerprint density at radius 2 is 0.706 bits per heavy atom. The van der Waals surface area contributed by atoms with Crippen LogP contribution >= 0.6 is 47.0 Å². The van der Waals surface area contributed by atoms with Gasteiger partial charge in [-0.3, -0.25) is 0 Å². The molecule has 2 aliphatic heterocycles. The molecule has 0 atom stereocenters. The molecule has 2 aliphatic rings. The normalized spacial score (nSPS) is 20.2. The van der Waals surface area contributed by atoms with Gasteiger partial charge in [0.2, 0.25) is 0 Å². The van der Waals surface area contributed by atoms with Gasteiger partial charge in [-0.25, -0.2) is 0 Å². The van der Waals surface area contributed by atoms with Crippen molar-refractivity contribution in [2.24, 2.45) is 0 Å². The van der Waals surface area contributed by atoms with Gasteiger partial charge in [-0.15, -0.1) is 0 Å². The Kier molecular flexibility index (Phi) is 12.4. The summed E-state index contributed by atoms with van der Waals surface area (Å²) in [6, 6.07) is 0. The molecule has 0 spiro atoms. The van der Waals surface area contributed by atoms with Crippen LogP contribution < -0.4 is 0 Å². The van der Waals surface area contributed by atoms with Gasteiger partial charge in [0, 0.05) is 39.5 Å². The van der Waals surface area contributed by atoms with Crippen molar-refractivity contribution in [3.05, 3.63) is 16.9 Å². The first-order valence-corrected chi connectivity index (χ1v) is 9.86. The minimum absolute atomic E-state index is 0.